The van der Waals surface area contributed by atoms with Crippen LogP contribution in [0.25, 0.3) is 0 Å². The van der Waals surface area contributed by atoms with Crippen molar-refractivity contribution >= 4 is 17.3 Å². The van der Waals surface area contributed by atoms with Crippen LogP contribution in [0.15, 0.2) is 46.8 Å². The quantitative estimate of drug-likeness (QED) is 0.568. The monoisotopic (exact) mass is 303 g/mol. The highest BCUT2D eigenvalue weighted by molar-refractivity contribution is 7.09. The molecule has 0 fully saturated rings. The molecule has 1 heterocycles. The molecule has 1 aromatic carbocycles. The fraction of sp³-hybridized carbons (Fsp3) is 0.312. The van der Waals surface area contributed by atoms with Gasteiger partial charge in [0.25, 0.3) is 0 Å². The summed E-state index contributed by atoms with van der Waals surface area (Å²) in [7, 11) is 0. The minimum absolute atomic E-state index is 0.281. The summed E-state index contributed by atoms with van der Waals surface area (Å²) in [6.45, 7) is 4.34. The van der Waals surface area contributed by atoms with Crippen molar-refractivity contribution in [1.82, 2.24) is 10.6 Å². The molecule has 1 aromatic heterocycles. The molecule has 0 atom stereocenters. The molecule has 0 aliphatic rings. The molecule has 5 heteroatoms. The van der Waals surface area contributed by atoms with Crippen LogP contribution >= 0.6 is 11.3 Å². The van der Waals surface area contributed by atoms with Crippen LogP contribution in [0.4, 0.5) is 0 Å². The molecule has 0 amide bonds. The summed E-state index contributed by atoms with van der Waals surface area (Å²) in [5, 5.41) is 17.9. The van der Waals surface area contributed by atoms with Crippen molar-refractivity contribution in [1.29, 1.82) is 0 Å². The molecule has 4 nitrogen and oxygen atoms in total. The first-order chi connectivity index (χ1) is 10.3. The fourth-order valence-electron chi connectivity index (χ4n) is 1.87. The zero-order valence-corrected chi connectivity index (χ0v) is 13.0. The predicted molar refractivity (Wildman–Crippen MR) is 88.9 cm³/mol. The Morgan fingerprint density at radius 2 is 2.00 bits per heavy atom. The minimum atomic E-state index is 0.281. The Morgan fingerprint density at radius 3 is 2.67 bits per heavy atom. The molecule has 0 saturated carbocycles. The van der Waals surface area contributed by atoms with Gasteiger partial charge in [0.05, 0.1) is 6.54 Å². The number of aromatic hydroxyl groups is 1. The Hall–Kier alpha value is -2.01. The Morgan fingerprint density at radius 1 is 1.19 bits per heavy atom. The number of aliphatic imine (C=N–C) groups is 1. The van der Waals surface area contributed by atoms with E-state index in [1.54, 1.807) is 23.5 Å². The van der Waals surface area contributed by atoms with Crippen LogP contribution in [0, 0.1) is 0 Å². The smallest absolute Gasteiger partial charge is 0.191 e. The number of nitrogens with zero attached hydrogens (tertiary/aromatic N) is 1. The Balaban J connectivity index is 1.84. The van der Waals surface area contributed by atoms with Crippen molar-refractivity contribution in [3.8, 4) is 5.75 Å². The lowest BCUT2D eigenvalue weighted by molar-refractivity contribution is 0.475. The van der Waals surface area contributed by atoms with E-state index in [0.29, 0.717) is 6.54 Å². The van der Waals surface area contributed by atoms with Gasteiger partial charge >= 0.3 is 0 Å². The van der Waals surface area contributed by atoms with E-state index >= 15 is 0 Å². The van der Waals surface area contributed by atoms with Crippen molar-refractivity contribution in [2.24, 2.45) is 4.99 Å². The second-order valence-corrected chi connectivity index (χ2v) is 5.65. The van der Waals surface area contributed by atoms with Gasteiger partial charge in [-0.15, -0.1) is 11.3 Å². The molecule has 0 spiro atoms. The SMILES string of the molecule is CCNC(=NCc1ccc(O)cc1)NCCc1cccs1. The maximum atomic E-state index is 9.27. The first kappa shape index (κ1) is 15.4. The molecular weight excluding hydrogens is 282 g/mol. The Kier molecular flexibility index (Phi) is 6.09. The second-order valence-electron chi connectivity index (χ2n) is 4.62. The van der Waals surface area contributed by atoms with Crippen molar-refractivity contribution < 1.29 is 5.11 Å². The summed E-state index contributed by atoms with van der Waals surface area (Å²) in [5.74, 6) is 1.10. The number of phenols is 1. The van der Waals surface area contributed by atoms with Crippen molar-refractivity contribution in [2.75, 3.05) is 13.1 Å². The molecule has 0 saturated heterocycles. The topological polar surface area (TPSA) is 56.7 Å². The zero-order chi connectivity index (χ0) is 14.9. The van der Waals surface area contributed by atoms with Gasteiger partial charge < -0.3 is 15.7 Å². The van der Waals surface area contributed by atoms with E-state index in [0.717, 1.165) is 31.0 Å². The van der Waals surface area contributed by atoms with E-state index in [9.17, 15) is 5.11 Å². The number of phenolic OH excluding ortho intramolecular Hbond substituents is 1. The van der Waals surface area contributed by atoms with E-state index in [1.807, 2.05) is 12.1 Å². The van der Waals surface area contributed by atoms with Gasteiger partial charge in [0.1, 0.15) is 5.75 Å². The molecule has 21 heavy (non-hydrogen) atoms. The van der Waals surface area contributed by atoms with Crippen LogP contribution in [0.5, 0.6) is 5.75 Å². The first-order valence-electron chi connectivity index (χ1n) is 7.10. The van der Waals surface area contributed by atoms with E-state index < -0.39 is 0 Å². The van der Waals surface area contributed by atoms with E-state index in [4.69, 9.17) is 0 Å². The van der Waals surface area contributed by atoms with E-state index in [1.165, 1.54) is 4.88 Å². The van der Waals surface area contributed by atoms with Gasteiger partial charge in [0, 0.05) is 18.0 Å². The number of guanidine groups is 1. The van der Waals surface area contributed by atoms with Gasteiger partial charge in [-0.2, -0.15) is 0 Å². The molecule has 112 valence electrons. The number of rotatable bonds is 6. The number of hydrogen-bond donors (Lipinski definition) is 3. The average molecular weight is 303 g/mol. The Bertz CT molecular complexity index is 549. The lowest BCUT2D eigenvalue weighted by Crippen LogP contribution is -2.38. The molecular formula is C16H21N3OS. The van der Waals surface area contributed by atoms with Gasteiger partial charge in [0.15, 0.2) is 5.96 Å². The van der Waals surface area contributed by atoms with Crippen molar-refractivity contribution in [2.45, 2.75) is 19.9 Å². The van der Waals surface area contributed by atoms with Gasteiger partial charge in [-0.1, -0.05) is 18.2 Å². The summed E-state index contributed by atoms with van der Waals surface area (Å²) >= 11 is 1.78. The van der Waals surface area contributed by atoms with E-state index in [-0.39, 0.29) is 5.75 Å². The van der Waals surface area contributed by atoms with Crippen LogP contribution in [-0.4, -0.2) is 24.2 Å². The van der Waals surface area contributed by atoms with Crippen LogP contribution < -0.4 is 10.6 Å². The lowest BCUT2D eigenvalue weighted by Gasteiger charge is -2.10. The summed E-state index contributed by atoms with van der Waals surface area (Å²) in [5.41, 5.74) is 1.07. The van der Waals surface area contributed by atoms with Crippen LogP contribution in [-0.2, 0) is 13.0 Å². The van der Waals surface area contributed by atoms with Crippen molar-refractivity contribution in [3.63, 3.8) is 0 Å². The third-order valence-corrected chi connectivity index (χ3v) is 3.88. The van der Waals surface area contributed by atoms with E-state index in [2.05, 4.69) is 40.1 Å². The molecule has 3 N–H and O–H groups in total. The predicted octanol–water partition coefficient (Wildman–Crippen LogP) is 2.75. The van der Waals surface area contributed by atoms with Crippen LogP contribution in [0.2, 0.25) is 0 Å². The summed E-state index contributed by atoms with van der Waals surface area (Å²) < 4.78 is 0. The maximum Gasteiger partial charge on any atom is 0.191 e. The largest absolute Gasteiger partial charge is 0.508 e. The number of benzene rings is 1. The zero-order valence-electron chi connectivity index (χ0n) is 12.2. The first-order valence-corrected chi connectivity index (χ1v) is 7.98. The Labute approximate surface area is 129 Å². The average Bonchev–Trinajstić information content (AvgIpc) is 3.00. The summed E-state index contributed by atoms with van der Waals surface area (Å²) in [6, 6.07) is 11.4. The van der Waals surface area contributed by atoms with Crippen molar-refractivity contribution in [3.05, 3.63) is 52.2 Å². The highest BCUT2D eigenvalue weighted by atomic mass is 32.1. The summed E-state index contributed by atoms with van der Waals surface area (Å²) in [4.78, 5) is 5.92. The molecule has 0 aliphatic carbocycles. The molecule has 0 radical (unpaired) electrons. The molecule has 2 rings (SSSR count). The van der Waals surface area contributed by atoms with Crippen LogP contribution in [0.3, 0.4) is 0 Å². The number of nitrogens with one attached hydrogen (secondary N) is 2. The van der Waals surface area contributed by atoms with Gasteiger partial charge in [-0.25, -0.2) is 4.99 Å². The standard InChI is InChI=1S/C16H21N3OS/c1-2-17-16(18-10-9-15-4-3-11-21-15)19-12-13-5-7-14(20)8-6-13/h3-8,11,20H,2,9-10,12H2,1H3,(H2,17,18,19). The lowest BCUT2D eigenvalue weighted by atomic mass is 10.2. The normalized spacial score (nSPS) is 11.4. The summed E-state index contributed by atoms with van der Waals surface area (Å²) in [6.07, 6.45) is 1.00. The third-order valence-electron chi connectivity index (χ3n) is 2.94. The fourth-order valence-corrected chi connectivity index (χ4v) is 2.58. The maximum absolute atomic E-state index is 9.27. The molecule has 0 bridgehead atoms. The van der Waals surface area contributed by atoms with Gasteiger partial charge in [0.2, 0.25) is 0 Å². The minimum Gasteiger partial charge on any atom is -0.508 e. The van der Waals surface area contributed by atoms with Gasteiger partial charge in [-0.05, 0) is 42.5 Å². The van der Waals surface area contributed by atoms with Crippen LogP contribution in [0.1, 0.15) is 17.4 Å². The second kappa shape index (κ2) is 8.32. The molecule has 2 aromatic rings. The molecule has 0 aliphatic heterocycles. The highest BCUT2D eigenvalue weighted by Crippen LogP contribution is 2.10. The third kappa shape index (κ3) is 5.47. The number of hydrogen-bond acceptors (Lipinski definition) is 3. The van der Waals surface area contributed by atoms with Gasteiger partial charge in [-0.3, -0.25) is 0 Å². The number of thiophene rings is 1. The molecule has 0 unspecified atom stereocenters. The highest BCUT2D eigenvalue weighted by Gasteiger charge is 1.99.